The number of carbonyl (C=O) groups is 3. The number of carboxylic acid groups (broad SMARTS) is 2. The highest BCUT2D eigenvalue weighted by atomic mass is 16.6. The van der Waals surface area contributed by atoms with E-state index < -0.39 is 30.0 Å². The molecule has 2 atom stereocenters. The maximum Gasteiger partial charge on any atom is 0.410 e. The Morgan fingerprint density at radius 3 is 2.07 bits per heavy atom. The van der Waals surface area contributed by atoms with Gasteiger partial charge in [-0.05, 0) is 35.1 Å². The molecule has 2 aromatic carbocycles. The average Bonchev–Trinajstić information content (AvgIpc) is 3.05. The summed E-state index contributed by atoms with van der Waals surface area (Å²) >= 11 is 0. The van der Waals surface area contributed by atoms with Crippen molar-refractivity contribution in [1.82, 2.24) is 4.90 Å². The van der Waals surface area contributed by atoms with Crippen molar-refractivity contribution in [1.29, 1.82) is 0 Å². The van der Waals surface area contributed by atoms with Crippen LogP contribution in [-0.4, -0.2) is 52.3 Å². The van der Waals surface area contributed by atoms with Gasteiger partial charge in [0.15, 0.2) is 0 Å². The first-order valence-corrected chi connectivity index (χ1v) is 9.56. The van der Waals surface area contributed by atoms with E-state index in [9.17, 15) is 24.6 Å². The third-order valence-corrected chi connectivity index (χ3v) is 5.77. The van der Waals surface area contributed by atoms with Crippen LogP contribution in [0.3, 0.4) is 0 Å². The number of hydrogen-bond acceptors (Lipinski definition) is 4. The Bertz CT molecular complexity index is 926. The van der Waals surface area contributed by atoms with Gasteiger partial charge < -0.3 is 14.9 Å². The predicted molar refractivity (Wildman–Crippen MR) is 104 cm³/mol. The zero-order valence-electron chi connectivity index (χ0n) is 15.7. The summed E-state index contributed by atoms with van der Waals surface area (Å²) in [4.78, 5) is 36.8. The smallest absolute Gasteiger partial charge is 0.410 e. The minimum absolute atomic E-state index is 0.0629. The topological polar surface area (TPSA) is 104 Å². The van der Waals surface area contributed by atoms with E-state index in [2.05, 4.69) is 0 Å². The highest BCUT2D eigenvalue weighted by molar-refractivity contribution is 5.86. The van der Waals surface area contributed by atoms with Crippen LogP contribution in [0.2, 0.25) is 0 Å². The average molecular weight is 395 g/mol. The Balaban J connectivity index is 1.54. The van der Waals surface area contributed by atoms with Crippen LogP contribution in [0.25, 0.3) is 11.1 Å². The third-order valence-electron chi connectivity index (χ3n) is 5.77. The van der Waals surface area contributed by atoms with Crippen molar-refractivity contribution >= 4 is 18.0 Å². The predicted octanol–water partition coefficient (Wildman–Crippen LogP) is 3.19. The van der Waals surface area contributed by atoms with Crippen molar-refractivity contribution in [2.45, 2.75) is 24.8 Å². The SMILES string of the molecule is O=C(O)C1CCCN(C(=O)OCC2c3ccccc3-c3ccccc32)C1C(=O)O. The van der Waals surface area contributed by atoms with Gasteiger partial charge in [-0.25, -0.2) is 9.59 Å². The molecule has 1 saturated heterocycles. The third kappa shape index (κ3) is 3.33. The number of fused-ring (bicyclic) bond motifs is 3. The largest absolute Gasteiger partial charge is 0.481 e. The normalized spacial score (nSPS) is 20.6. The van der Waals surface area contributed by atoms with Gasteiger partial charge in [-0.1, -0.05) is 48.5 Å². The van der Waals surface area contributed by atoms with Gasteiger partial charge in [0.25, 0.3) is 0 Å². The van der Waals surface area contributed by atoms with Gasteiger partial charge in [0.1, 0.15) is 12.6 Å². The van der Waals surface area contributed by atoms with E-state index in [1.165, 1.54) is 0 Å². The van der Waals surface area contributed by atoms with Gasteiger partial charge in [-0.3, -0.25) is 9.69 Å². The van der Waals surface area contributed by atoms with Crippen molar-refractivity contribution in [3.63, 3.8) is 0 Å². The fraction of sp³-hybridized carbons (Fsp3) is 0.318. The summed E-state index contributed by atoms with van der Waals surface area (Å²) in [5, 5.41) is 18.8. The number of carbonyl (C=O) groups excluding carboxylic acids is 1. The van der Waals surface area contributed by atoms with Crippen molar-refractivity contribution in [3.05, 3.63) is 59.7 Å². The quantitative estimate of drug-likeness (QED) is 0.824. The molecule has 2 N–H and O–H groups in total. The van der Waals surface area contributed by atoms with Crippen molar-refractivity contribution < 1.29 is 29.3 Å². The van der Waals surface area contributed by atoms with Crippen LogP contribution in [0.4, 0.5) is 4.79 Å². The minimum atomic E-state index is -1.42. The van der Waals surface area contributed by atoms with Crippen molar-refractivity contribution in [2.24, 2.45) is 5.92 Å². The molecule has 2 aromatic rings. The van der Waals surface area contributed by atoms with Crippen LogP contribution >= 0.6 is 0 Å². The highest BCUT2D eigenvalue weighted by Crippen LogP contribution is 2.44. The number of carboxylic acids is 2. The van der Waals surface area contributed by atoms with Crippen LogP contribution < -0.4 is 0 Å². The lowest BCUT2D eigenvalue weighted by atomic mass is 9.89. The molecule has 7 heteroatoms. The van der Waals surface area contributed by atoms with Gasteiger partial charge >= 0.3 is 18.0 Å². The zero-order valence-corrected chi connectivity index (χ0v) is 15.7. The number of nitrogens with zero attached hydrogens (tertiary/aromatic N) is 1. The van der Waals surface area contributed by atoms with Crippen LogP contribution in [0, 0.1) is 5.92 Å². The standard InChI is InChI=1S/C22H21NO6/c24-20(25)17-10-5-11-23(19(17)21(26)27)22(28)29-12-18-15-8-3-1-6-13(15)14-7-2-4-9-16(14)18/h1-4,6-9,17-19H,5,10-12H2,(H,24,25)(H,26,27). The Labute approximate surface area is 167 Å². The van der Waals surface area contributed by atoms with E-state index in [4.69, 9.17) is 4.74 Å². The molecule has 29 heavy (non-hydrogen) atoms. The molecule has 150 valence electrons. The molecule has 1 fully saturated rings. The van der Waals surface area contributed by atoms with Gasteiger partial charge in [-0.15, -0.1) is 0 Å². The van der Waals surface area contributed by atoms with E-state index in [0.29, 0.717) is 6.42 Å². The lowest BCUT2D eigenvalue weighted by molar-refractivity contribution is -0.156. The first kappa shape index (κ1) is 19.0. The number of hydrogen-bond donors (Lipinski definition) is 2. The summed E-state index contributed by atoms with van der Waals surface area (Å²) in [6.07, 6.45) is -0.144. The molecule has 1 heterocycles. The van der Waals surface area contributed by atoms with E-state index in [0.717, 1.165) is 27.2 Å². The van der Waals surface area contributed by atoms with Crippen LogP contribution in [0.5, 0.6) is 0 Å². The maximum atomic E-state index is 12.7. The number of piperidine rings is 1. The first-order chi connectivity index (χ1) is 14.0. The molecule has 7 nitrogen and oxygen atoms in total. The van der Waals surface area contributed by atoms with Crippen molar-refractivity contribution in [3.8, 4) is 11.1 Å². The first-order valence-electron chi connectivity index (χ1n) is 9.56. The Morgan fingerprint density at radius 2 is 1.52 bits per heavy atom. The van der Waals surface area contributed by atoms with Crippen LogP contribution in [0.15, 0.2) is 48.5 Å². The molecule has 0 bridgehead atoms. The monoisotopic (exact) mass is 395 g/mol. The number of amides is 1. The lowest BCUT2D eigenvalue weighted by Crippen LogP contribution is -2.54. The molecule has 4 rings (SSSR count). The van der Waals surface area contributed by atoms with Crippen LogP contribution in [-0.2, 0) is 14.3 Å². The molecule has 2 unspecified atom stereocenters. The second kappa shape index (κ2) is 7.58. The van der Waals surface area contributed by atoms with Gasteiger partial charge in [0, 0.05) is 12.5 Å². The molecule has 0 aromatic heterocycles. The molecular weight excluding hydrogens is 374 g/mol. The lowest BCUT2D eigenvalue weighted by Gasteiger charge is -2.36. The summed E-state index contributed by atoms with van der Waals surface area (Å²) in [5.74, 6) is -3.82. The van der Waals surface area contributed by atoms with E-state index in [1.807, 2.05) is 48.5 Å². The summed E-state index contributed by atoms with van der Waals surface area (Å²) in [7, 11) is 0. The van der Waals surface area contributed by atoms with Gasteiger partial charge in [0.05, 0.1) is 5.92 Å². The second-order valence-electron chi connectivity index (χ2n) is 7.37. The van der Waals surface area contributed by atoms with Gasteiger partial charge in [0.2, 0.25) is 0 Å². The summed E-state index contributed by atoms with van der Waals surface area (Å²) < 4.78 is 5.52. The number of rotatable bonds is 4. The fourth-order valence-electron chi connectivity index (χ4n) is 4.44. The highest BCUT2D eigenvalue weighted by Gasteiger charge is 2.44. The van der Waals surface area contributed by atoms with Crippen molar-refractivity contribution in [2.75, 3.05) is 13.2 Å². The molecule has 1 aliphatic heterocycles. The molecule has 0 radical (unpaired) electrons. The molecule has 1 amide bonds. The summed E-state index contributed by atoms with van der Waals surface area (Å²) in [5.41, 5.74) is 4.30. The Hall–Kier alpha value is -3.35. The number of ether oxygens (including phenoxy) is 1. The molecule has 0 spiro atoms. The van der Waals surface area contributed by atoms with E-state index in [1.54, 1.807) is 0 Å². The second-order valence-corrected chi connectivity index (χ2v) is 7.37. The number of benzene rings is 2. The van der Waals surface area contributed by atoms with E-state index >= 15 is 0 Å². The van der Waals surface area contributed by atoms with E-state index in [-0.39, 0.29) is 25.5 Å². The van der Waals surface area contributed by atoms with Gasteiger partial charge in [-0.2, -0.15) is 0 Å². The summed E-state index contributed by atoms with van der Waals surface area (Å²) in [6, 6.07) is 14.4. The molecule has 2 aliphatic rings. The Kier molecular flexibility index (Phi) is 4.96. The maximum absolute atomic E-state index is 12.7. The van der Waals surface area contributed by atoms with Crippen LogP contribution in [0.1, 0.15) is 29.9 Å². The molecular formula is C22H21NO6. The fourth-order valence-corrected chi connectivity index (χ4v) is 4.44. The molecule has 0 saturated carbocycles. The Morgan fingerprint density at radius 1 is 0.931 bits per heavy atom. The minimum Gasteiger partial charge on any atom is -0.481 e. The molecule has 1 aliphatic carbocycles. The number of likely N-dealkylation sites (tertiary alicyclic amines) is 1. The summed E-state index contributed by atoms with van der Waals surface area (Å²) in [6.45, 7) is 0.227. The number of aliphatic carboxylic acids is 2. The zero-order chi connectivity index (χ0) is 20.5.